The smallest absolute Gasteiger partial charge is 0.288 e. The fourth-order valence-electron chi connectivity index (χ4n) is 2.37. The first kappa shape index (κ1) is 15.7. The van der Waals surface area contributed by atoms with Gasteiger partial charge in [-0.3, -0.25) is 19.7 Å². The molecule has 9 heteroatoms. The van der Waals surface area contributed by atoms with E-state index >= 15 is 0 Å². The highest BCUT2D eigenvalue weighted by Gasteiger charge is 2.25. The summed E-state index contributed by atoms with van der Waals surface area (Å²) in [5, 5.41) is 10.8. The molecule has 2 heterocycles. The molecular formula is C13H17N5O4. The lowest BCUT2D eigenvalue weighted by Crippen LogP contribution is -2.49. The quantitative estimate of drug-likeness (QED) is 0.624. The van der Waals surface area contributed by atoms with E-state index in [2.05, 4.69) is 4.98 Å². The minimum atomic E-state index is -0.765. The molecule has 0 unspecified atom stereocenters. The second-order valence-corrected chi connectivity index (χ2v) is 4.91. The monoisotopic (exact) mass is 307 g/mol. The number of carbonyl (C=O) groups is 2. The van der Waals surface area contributed by atoms with E-state index in [1.165, 1.54) is 0 Å². The summed E-state index contributed by atoms with van der Waals surface area (Å²) < 4.78 is 0. The molecule has 1 aliphatic rings. The van der Waals surface area contributed by atoms with Crippen LogP contribution in [0.3, 0.4) is 0 Å². The molecule has 1 aliphatic heterocycles. The van der Waals surface area contributed by atoms with Crippen LogP contribution in [0.5, 0.6) is 0 Å². The van der Waals surface area contributed by atoms with E-state index in [4.69, 9.17) is 5.73 Å². The molecule has 0 radical (unpaired) electrons. The predicted molar refractivity (Wildman–Crippen MR) is 78.5 cm³/mol. The Bertz CT molecular complexity index is 610. The van der Waals surface area contributed by atoms with Crippen LogP contribution in [0.25, 0.3) is 0 Å². The van der Waals surface area contributed by atoms with Gasteiger partial charge in [0.05, 0.1) is 10.5 Å². The standard InChI is InChI=1S/C13H17N5O4/c1-2-11(19)16-3-5-17(6-4-16)13-10(12(14)20)7-9(8-15-13)18(21)22/h7-8H,2-6H2,1H3,(H2,14,20). The number of carbonyl (C=O) groups excluding carboxylic acids is 2. The number of primary amides is 1. The summed E-state index contributed by atoms with van der Waals surface area (Å²) in [5.41, 5.74) is 5.03. The van der Waals surface area contributed by atoms with Crippen molar-refractivity contribution in [3.63, 3.8) is 0 Å². The van der Waals surface area contributed by atoms with Gasteiger partial charge in [-0.15, -0.1) is 0 Å². The SMILES string of the molecule is CCC(=O)N1CCN(c2ncc([N+](=O)[O-])cc2C(N)=O)CC1. The molecule has 1 saturated heterocycles. The molecule has 1 aromatic heterocycles. The number of nitrogens with zero attached hydrogens (tertiary/aromatic N) is 4. The fraction of sp³-hybridized carbons (Fsp3) is 0.462. The normalized spacial score (nSPS) is 14.8. The van der Waals surface area contributed by atoms with Crippen LogP contribution < -0.4 is 10.6 Å². The number of hydrogen-bond donors (Lipinski definition) is 1. The Morgan fingerprint density at radius 2 is 2.00 bits per heavy atom. The van der Waals surface area contributed by atoms with Gasteiger partial charge in [0, 0.05) is 38.7 Å². The molecule has 0 bridgehead atoms. The Labute approximate surface area is 126 Å². The van der Waals surface area contributed by atoms with E-state index in [-0.39, 0.29) is 17.2 Å². The van der Waals surface area contributed by atoms with E-state index in [1.807, 2.05) is 4.90 Å². The Morgan fingerprint density at radius 3 is 2.50 bits per heavy atom. The number of aromatic nitrogens is 1. The summed E-state index contributed by atoms with van der Waals surface area (Å²) in [6, 6.07) is 1.13. The predicted octanol–water partition coefficient (Wildman–Crippen LogP) is 0.147. The summed E-state index contributed by atoms with van der Waals surface area (Å²) in [6.45, 7) is 3.83. The van der Waals surface area contributed by atoms with Crippen molar-refractivity contribution in [2.75, 3.05) is 31.1 Å². The van der Waals surface area contributed by atoms with Crippen LogP contribution >= 0.6 is 0 Å². The minimum Gasteiger partial charge on any atom is -0.365 e. The third-order valence-corrected chi connectivity index (χ3v) is 3.56. The molecule has 0 aliphatic carbocycles. The highest BCUT2D eigenvalue weighted by atomic mass is 16.6. The number of pyridine rings is 1. The highest BCUT2D eigenvalue weighted by Crippen LogP contribution is 2.23. The summed E-state index contributed by atoms with van der Waals surface area (Å²) in [5.74, 6) is -0.369. The topological polar surface area (TPSA) is 123 Å². The third-order valence-electron chi connectivity index (χ3n) is 3.56. The molecule has 1 aromatic rings. The highest BCUT2D eigenvalue weighted by molar-refractivity contribution is 5.98. The van der Waals surface area contributed by atoms with Crippen molar-refractivity contribution in [2.24, 2.45) is 5.73 Å². The molecule has 2 rings (SSSR count). The molecule has 0 aromatic carbocycles. The second kappa shape index (κ2) is 6.37. The van der Waals surface area contributed by atoms with Crippen molar-refractivity contribution in [1.29, 1.82) is 0 Å². The van der Waals surface area contributed by atoms with Crippen molar-refractivity contribution >= 4 is 23.3 Å². The first-order chi connectivity index (χ1) is 10.4. The van der Waals surface area contributed by atoms with Gasteiger partial charge >= 0.3 is 0 Å². The summed E-state index contributed by atoms with van der Waals surface area (Å²) in [4.78, 5) is 40.9. The fourth-order valence-corrected chi connectivity index (χ4v) is 2.37. The number of hydrogen-bond acceptors (Lipinski definition) is 6. The number of piperazine rings is 1. The van der Waals surface area contributed by atoms with Gasteiger partial charge in [-0.25, -0.2) is 4.98 Å². The van der Waals surface area contributed by atoms with E-state index in [0.717, 1.165) is 12.3 Å². The van der Waals surface area contributed by atoms with Crippen LogP contribution in [0.1, 0.15) is 23.7 Å². The Hall–Kier alpha value is -2.71. The molecule has 0 atom stereocenters. The molecule has 22 heavy (non-hydrogen) atoms. The Morgan fingerprint density at radius 1 is 1.36 bits per heavy atom. The van der Waals surface area contributed by atoms with Crippen molar-refractivity contribution in [2.45, 2.75) is 13.3 Å². The first-order valence-corrected chi connectivity index (χ1v) is 6.91. The van der Waals surface area contributed by atoms with Gasteiger partial charge in [0.1, 0.15) is 12.0 Å². The van der Waals surface area contributed by atoms with Crippen molar-refractivity contribution < 1.29 is 14.5 Å². The van der Waals surface area contributed by atoms with Gasteiger partial charge < -0.3 is 15.5 Å². The zero-order valence-corrected chi connectivity index (χ0v) is 12.2. The average molecular weight is 307 g/mol. The van der Waals surface area contributed by atoms with E-state index < -0.39 is 10.8 Å². The molecule has 2 amide bonds. The number of nitro groups is 1. The lowest BCUT2D eigenvalue weighted by molar-refractivity contribution is -0.385. The van der Waals surface area contributed by atoms with Crippen LogP contribution in [0.2, 0.25) is 0 Å². The van der Waals surface area contributed by atoms with Crippen molar-refractivity contribution in [3.05, 3.63) is 27.9 Å². The van der Waals surface area contributed by atoms with Crippen molar-refractivity contribution in [1.82, 2.24) is 9.88 Å². The Kier molecular flexibility index (Phi) is 4.54. The minimum absolute atomic E-state index is 0.0180. The number of rotatable bonds is 4. The van der Waals surface area contributed by atoms with Crippen molar-refractivity contribution in [3.8, 4) is 0 Å². The lowest BCUT2D eigenvalue weighted by atomic mass is 10.2. The third kappa shape index (κ3) is 3.13. The first-order valence-electron chi connectivity index (χ1n) is 6.91. The summed E-state index contributed by atoms with van der Waals surface area (Å²) >= 11 is 0. The maximum Gasteiger partial charge on any atom is 0.288 e. The number of nitrogens with two attached hydrogens (primary N) is 1. The van der Waals surface area contributed by atoms with E-state index in [0.29, 0.717) is 38.4 Å². The maximum absolute atomic E-state index is 11.6. The van der Waals surface area contributed by atoms with Crippen LogP contribution in [0.4, 0.5) is 11.5 Å². The Balaban J connectivity index is 2.21. The molecule has 2 N–H and O–H groups in total. The molecule has 0 spiro atoms. The molecule has 1 fully saturated rings. The van der Waals surface area contributed by atoms with Crippen LogP contribution in [-0.2, 0) is 4.79 Å². The molecular weight excluding hydrogens is 290 g/mol. The van der Waals surface area contributed by atoms with Gasteiger partial charge in [0.2, 0.25) is 5.91 Å². The van der Waals surface area contributed by atoms with Crippen LogP contribution in [0.15, 0.2) is 12.3 Å². The maximum atomic E-state index is 11.6. The van der Waals surface area contributed by atoms with E-state index in [9.17, 15) is 19.7 Å². The summed E-state index contributed by atoms with van der Waals surface area (Å²) in [6.07, 6.45) is 1.55. The zero-order chi connectivity index (χ0) is 16.3. The number of amides is 2. The van der Waals surface area contributed by atoms with Gasteiger partial charge in [-0.2, -0.15) is 0 Å². The lowest BCUT2D eigenvalue weighted by Gasteiger charge is -2.35. The number of anilines is 1. The van der Waals surface area contributed by atoms with Crippen LogP contribution in [0, 0.1) is 10.1 Å². The van der Waals surface area contributed by atoms with Crippen LogP contribution in [-0.4, -0.2) is 52.8 Å². The summed E-state index contributed by atoms with van der Waals surface area (Å²) in [7, 11) is 0. The average Bonchev–Trinajstić information content (AvgIpc) is 2.53. The molecule has 0 saturated carbocycles. The van der Waals surface area contributed by atoms with Gasteiger partial charge in [0.25, 0.3) is 11.6 Å². The van der Waals surface area contributed by atoms with Gasteiger partial charge in [0.15, 0.2) is 0 Å². The molecule has 9 nitrogen and oxygen atoms in total. The second-order valence-electron chi connectivity index (χ2n) is 4.91. The largest absolute Gasteiger partial charge is 0.365 e. The zero-order valence-electron chi connectivity index (χ0n) is 12.2. The van der Waals surface area contributed by atoms with Gasteiger partial charge in [-0.1, -0.05) is 6.92 Å². The molecule has 118 valence electrons. The van der Waals surface area contributed by atoms with Gasteiger partial charge in [-0.05, 0) is 0 Å². The van der Waals surface area contributed by atoms with E-state index in [1.54, 1.807) is 11.8 Å².